The lowest BCUT2D eigenvalue weighted by Crippen LogP contribution is -2.53. The van der Waals surface area contributed by atoms with Crippen LogP contribution in [-0.4, -0.2) is 71.9 Å². The molecule has 0 bridgehead atoms. The molecule has 0 saturated carbocycles. The highest BCUT2D eigenvalue weighted by Crippen LogP contribution is 2.16. The third-order valence-corrected chi connectivity index (χ3v) is 4.77. The molecule has 0 radical (unpaired) electrons. The first-order valence-electron chi connectivity index (χ1n) is 8.77. The van der Waals surface area contributed by atoms with Crippen molar-refractivity contribution in [1.29, 1.82) is 0 Å². The van der Waals surface area contributed by atoms with Gasteiger partial charge in [0.05, 0.1) is 6.54 Å². The molecular weight excluding hydrogens is 368 g/mol. The zero-order valence-corrected chi connectivity index (χ0v) is 15.9. The van der Waals surface area contributed by atoms with Crippen LogP contribution < -0.4 is 15.5 Å². The summed E-state index contributed by atoms with van der Waals surface area (Å²) >= 11 is 5.82. The largest absolute Gasteiger partial charge is 0.377 e. The standard InChI is InChI=1S/C18H23ClN6O2/c1-20-15-10-16(23-12-22-15)24-6-8-25(9-7-24)17(26)11-21-18(27)13-2-4-14(19)5-3-13/h2-5,10,12,17,26H,6-9,11H2,1H3,(H,21,27)(H,20,22,23). The van der Waals surface area contributed by atoms with Crippen LogP contribution in [0.2, 0.25) is 5.02 Å². The number of rotatable bonds is 6. The van der Waals surface area contributed by atoms with Gasteiger partial charge in [0.15, 0.2) is 0 Å². The Morgan fingerprint density at radius 2 is 1.93 bits per heavy atom. The Labute approximate surface area is 163 Å². The van der Waals surface area contributed by atoms with Crippen molar-refractivity contribution in [3.63, 3.8) is 0 Å². The highest BCUT2D eigenvalue weighted by atomic mass is 35.5. The second kappa shape index (κ2) is 8.98. The summed E-state index contributed by atoms with van der Waals surface area (Å²) in [7, 11) is 1.82. The number of carbonyl (C=O) groups is 1. The number of nitrogens with one attached hydrogen (secondary N) is 2. The number of hydrogen-bond donors (Lipinski definition) is 3. The Hall–Kier alpha value is -2.42. The molecule has 1 aliphatic rings. The number of hydrogen-bond acceptors (Lipinski definition) is 7. The molecule has 3 N–H and O–H groups in total. The molecule has 27 heavy (non-hydrogen) atoms. The second-order valence-electron chi connectivity index (χ2n) is 6.23. The third kappa shape index (κ3) is 5.06. The predicted octanol–water partition coefficient (Wildman–Crippen LogP) is 1.04. The van der Waals surface area contributed by atoms with Crippen LogP contribution in [0.1, 0.15) is 10.4 Å². The lowest BCUT2D eigenvalue weighted by molar-refractivity contribution is 0.00183. The monoisotopic (exact) mass is 390 g/mol. The van der Waals surface area contributed by atoms with Crippen LogP contribution in [0.5, 0.6) is 0 Å². The number of carbonyl (C=O) groups excluding carboxylic acids is 1. The van der Waals surface area contributed by atoms with Gasteiger partial charge < -0.3 is 20.6 Å². The summed E-state index contributed by atoms with van der Waals surface area (Å²) in [4.78, 5) is 24.6. The molecule has 1 fully saturated rings. The van der Waals surface area contributed by atoms with Gasteiger partial charge in [0.2, 0.25) is 0 Å². The predicted molar refractivity (Wildman–Crippen MR) is 105 cm³/mol. The van der Waals surface area contributed by atoms with Gasteiger partial charge in [-0.15, -0.1) is 0 Å². The first kappa shape index (κ1) is 19.3. The normalized spacial score (nSPS) is 16.0. The summed E-state index contributed by atoms with van der Waals surface area (Å²) in [5.74, 6) is 1.40. The third-order valence-electron chi connectivity index (χ3n) is 4.52. The number of aromatic nitrogens is 2. The van der Waals surface area contributed by atoms with Crippen LogP contribution in [0.15, 0.2) is 36.7 Å². The SMILES string of the molecule is CNc1cc(N2CCN(C(O)CNC(=O)c3ccc(Cl)cc3)CC2)ncn1. The molecule has 0 spiro atoms. The number of anilines is 2. The van der Waals surface area contributed by atoms with Crippen LogP contribution in [-0.2, 0) is 0 Å². The topological polar surface area (TPSA) is 93.6 Å². The number of benzene rings is 1. The van der Waals surface area contributed by atoms with E-state index in [1.165, 1.54) is 6.33 Å². The molecule has 1 aromatic heterocycles. The minimum Gasteiger partial charge on any atom is -0.377 e. The van der Waals surface area contributed by atoms with Crippen molar-refractivity contribution in [3.05, 3.63) is 47.2 Å². The van der Waals surface area contributed by atoms with Crippen LogP contribution >= 0.6 is 11.6 Å². The van der Waals surface area contributed by atoms with E-state index >= 15 is 0 Å². The Morgan fingerprint density at radius 3 is 2.59 bits per heavy atom. The second-order valence-corrected chi connectivity index (χ2v) is 6.67. The van der Waals surface area contributed by atoms with Gasteiger partial charge in [-0.05, 0) is 24.3 Å². The lowest BCUT2D eigenvalue weighted by Gasteiger charge is -2.37. The molecule has 8 nitrogen and oxygen atoms in total. The van der Waals surface area contributed by atoms with Gasteiger partial charge in [-0.1, -0.05) is 11.6 Å². The van der Waals surface area contributed by atoms with E-state index < -0.39 is 6.23 Å². The van der Waals surface area contributed by atoms with E-state index in [-0.39, 0.29) is 12.5 Å². The van der Waals surface area contributed by atoms with Gasteiger partial charge in [-0.25, -0.2) is 9.97 Å². The lowest BCUT2D eigenvalue weighted by atomic mass is 10.2. The molecule has 1 aromatic carbocycles. The van der Waals surface area contributed by atoms with E-state index in [9.17, 15) is 9.90 Å². The Morgan fingerprint density at radius 1 is 1.22 bits per heavy atom. The van der Waals surface area contributed by atoms with E-state index in [2.05, 4.69) is 25.5 Å². The first-order valence-corrected chi connectivity index (χ1v) is 9.15. The number of aliphatic hydroxyl groups is 1. The molecule has 0 aliphatic carbocycles. The van der Waals surface area contributed by atoms with E-state index in [1.807, 2.05) is 18.0 Å². The van der Waals surface area contributed by atoms with Crippen LogP contribution in [0.4, 0.5) is 11.6 Å². The summed E-state index contributed by atoms with van der Waals surface area (Å²) in [6.45, 7) is 3.00. The highest BCUT2D eigenvalue weighted by Gasteiger charge is 2.23. The van der Waals surface area contributed by atoms with Crippen molar-refractivity contribution in [2.75, 3.05) is 50.0 Å². The number of piperazine rings is 1. The van der Waals surface area contributed by atoms with Gasteiger partial charge in [-0.2, -0.15) is 0 Å². The van der Waals surface area contributed by atoms with Crippen LogP contribution in [0.3, 0.4) is 0 Å². The maximum atomic E-state index is 12.1. The molecule has 1 atom stereocenters. The summed E-state index contributed by atoms with van der Waals surface area (Å²) in [6, 6.07) is 8.55. The zero-order chi connectivity index (χ0) is 19.2. The minimum absolute atomic E-state index is 0.166. The number of halogens is 1. The quantitative estimate of drug-likeness (QED) is 0.678. The maximum Gasteiger partial charge on any atom is 0.251 e. The fourth-order valence-corrected chi connectivity index (χ4v) is 3.05. The molecule has 2 aromatic rings. The van der Waals surface area contributed by atoms with Crippen LogP contribution in [0.25, 0.3) is 0 Å². The molecule has 1 saturated heterocycles. The van der Waals surface area contributed by atoms with Crippen LogP contribution in [0, 0.1) is 0 Å². The minimum atomic E-state index is -0.735. The molecule has 1 amide bonds. The van der Waals surface area contributed by atoms with Crippen molar-refractivity contribution in [2.24, 2.45) is 0 Å². The van der Waals surface area contributed by atoms with Gasteiger partial charge in [-0.3, -0.25) is 9.69 Å². The molecule has 9 heteroatoms. The molecule has 1 aliphatic heterocycles. The first-order chi connectivity index (χ1) is 13.1. The summed E-state index contributed by atoms with van der Waals surface area (Å²) < 4.78 is 0. The maximum absolute atomic E-state index is 12.1. The van der Waals surface area contributed by atoms with E-state index in [0.717, 1.165) is 24.7 Å². The smallest absolute Gasteiger partial charge is 0.251 e. The zero-order valence-electron chi connectivity index (χ0n) is 15.1. The highest BCUT2D eigenvalue weighted by molar-refractivity contribution is 6.30. The van der Waals surface area contributed by atoms with Crippen molar-refractivity contribution < 1.29 is 9.90 Å². The molecule has 2 heterocycles. The molecule has 3 rings (SSSR count). The molecule has 144 valence electrons. The van der Waals surface area contributed by atoms with Crippen molar-refractivity contribution in [3.8, 4) is 0 Å². The Bertz CT molecular complexity index is 765. The van der Waals surface area contributed by atoms with E-state index in [4.69, 9.17) is 11.6 Å². The summed E-state index contributed by atoms with van der Waals surface area (Å²) in [5.41, 5.74) is 0.514. The Balaban J connectivity index is 1.47. The average Bonchev–Trinajstić information content (AvgIpc) is 2.72. The molecular formula is C18H23ClN6O2. The van der Waals surface area contributed by atoms with E-state index in [0.29, 0.717) is 23.7 Å². The van der Waals surface area contributed by atoms with Gasteiger partial charge in [0.25, 0.3) is 5.91 Å². The summed E-state index contributed by atoms with van der Waals surface area (Å²) in [5, 5.41) is 16.7. The van der Waals surface area contributed by atoms with Gasteiger partial charge in [0.1, 0.15) is 24.2 Å². The van der Waals surface area contributed by atoms with Crippen molar-refractivity contribution >= 4 is 29.1 Å². The average molecular weight is 391 g/mol. The molecule has 1 unspecified atom stereocenters. The van der Waals surface area contributed by atoms with E-state index in [1.54, 1.807) is 24.3 Å². The van der Waals surface area contributed by atoms with Gasteiger partial charge in [0, 0.05) is 49.9 Å². The van der Waals surface area contributed by atoms with Gasteiger partial charge >= 0.3 is 0 Å². The fraction of sp³-hybridized carbons (Fsp3) is 0.389. The Kier molecular flexibility index (Phi) is 6.44. The fourth-order valence-electron chi connectivity index (χ4n) is 2.92. The van der Waals surface area contributed by atoms with Crippen molar-refractivity contribution in [2.45, 2.75) is 6.23 Å². The number of amides is 1. The van der Waals surface area contributed by atoms with Crippen molar-refractivity contribution in [1.82, 2.24) is 20.2 Å². The number of nitrogens with zero attached hydrogens (tertiary/aromatic N) is 4. The number of aliphatic hydroxyl groups excluding tert-OH is 1. The summed E-state index contributed by atoms with van der Waals surface area (Å²) in [6.07, 6.45) is 0.802.